The van der Waals surface area contributed by atoms with E-state index >= 15 is 0 Å². The van der Waals surface area contributed by atoms with Crippen LogP contribution in [0.5, 0.6) is 0 Å². The van der Waals surface area contributed by atoms with E-state index < -0.39 is 0 Å². The van der Waals surface area contributed by atoms with Gasteiger partial charge in [-0.1, -0.05) is 30.3 Å². The fourth-order valence-electron chi connectivity index (χ4n) is 4.43. The van der Waals surface area contributed by atoms with Crippen molar-refractivity contribution in [1.29, 1.82) is 0 Å². The molecule has 2 aliphatic rings. The van der Waals surface area contributed by atoms with Crippen LogP contribution in [-0.2, 0) is 24.2 Å². The van der Waals surface area contributed by atoms with Crippen molar-refractivity contribution in [1.82, 2.24) is 30.3 Å². The summed E-state index contributed by atoms with van der Waals surface area (Å²) >= 11 is 0. The number of benzene rings is 1. The molecule has 2 aromatic rings. The number of likely N-dealkylation sites (tertiary alicyclic amines) is 1. The normalized spacial score (nSPS) is 20.1. The Morgan fingerprint density at radius 3 is 2.97 bits per heavy atom. The monoisotopic (exact) mass is 396 g/mol. The fraction of sp³-hybridized carbons (Fsp3) is 0.591. The van der Waals surface area contributed by atoms with Gasteiger partial charge in [-0.3, -0.25) is 9.69 Å². The molecule has 0 radical (unpaired) electrons. The van der Waals surface area contributed by atoms with Gasteiger partial charge < -0.3 is 15.2 Å². The van der Waals surface area contributed by atoms with E-state index in [1.54, 1.807) is 0 Å². The predicted molar refractivity (Wildman–Crippen MR) is 113 cm³/mol. The first-order chi connectivity index (χ1) is 14.3. The lowest BCUT2D eigenvalue weighted by Crippen LogP contribution is -2.42. The standard InChI is InChI=1S/C22H32N6O/c29-21(24-11-4-8-18-6-2-1-3-7-18)17-27-14-5-9-19(16-27)22-26-25-20-10-12-23-13-15-28(20)22/h1-3,6-7,19,23H,4-5,8-17H2,(H,24,29)/t19-/m0/s1. The van der Waals surface area contributed by atoms with E-state index in [4.69, 9.17) is 0 Å². The van der Waals surface area contributed by atoms with Crippen molar-refractivity contribution in [2.75, 3.05) is 39.3 Å². The van der Waals surface area contributed by atoms with E-state index in [0.29, 0.717) is 12.5 Å². The minimum Gasteiger partial charge on any atom is -0.355 e. The second-order valence-electron chi connectivity index (χ2n) is 8.14. The molecule has 1 aromatic carbocycles. The van der Waals surface area contributed by atoms with Gasteiger partial charge >= 0.3 is 0 Å². The second kappa shape index (κ2) is 9.98. The molecule has 3 heterocycles. The number of hydrogen-bond donors (Lipinski definition) is 2. The molecule has 7 nitrogen and oxygen atoms in total. The van der Waals surface area contributed by atoms with Crippen LogP contribution in [0.15, 0.2) is 30.3 Å². The fourth-order valence-corrected chi connectivity index (χ4v) is 4.43. The lowest BCUT2D eigenvalue weighted by molar-refractivity contribution is -0.122. The highest BCUT2D eigenvalue weighted by atomic mass is 16.2. The third-order valence-electron chi connectivity index (χ3n) is 5.94. The van der Waals surface area contributed by atoms with Crippen LogP contribution in [0.25, 0.3) is 0 Å². The summed E-state index contributed by atoms with van der Waals surface area (Å²) in [5.41, 5.74) is 1.32. The van der Waals surface area contributed by atoms with Crippen molar-refractivity contribution in [3.63, 3.8) is 0 Å². The van der Waals surface area contributed by atoms with Crippen LogP contribution in [0.4, 0.5) is 0 Å². The predicted octanol–water partition coefficient (Wildman–Crippen LogP) is 1.35. The first-order valence-corrected chi connectivity index (χ1v) is 11.0. The molecule has 29 heavy (non-hydrogen) atoms. The van der Waals surface area contributed by atoms with Gasteiger partial charge in [0.2, 0.25) is 5.91 Å². The number of rotatable bonds is 7. The summed E-state index contributed by atoms with van der Waals surface area (Å²) in [7, 11) is 0. The average Bonchev–Trinajstić information content (AvgIpc) is 3.00. The molecule has 2 aliphatic heterocycles. The first-order valence-electron chi connectivity index (χ1n) is 11.0. The highest BCUT2D eigenvalue weighted by molar-refractivity contribution is 5.78. The molecule has 0 saturated carbocycles. The number of fused-ring (bicyclic) bond motifs is 1. The number of aromatic nitrogens is 3. The number of amides is 1. The van der Waals surface area contributed by atoms with E-state index in [9.17, 15) is 4.79 Å². The van der Waals surface area contributed by atoms with Gasteiger partial charge in [-0.05, 0) is 37.8 Å². The minimum atomic E-state index is 0.128. The molecule has 0 spiro atoms. The third-order valence-corrected chi connectivity index (χ3v) is 5.94. The summed E-state index contributed by atoms with van der Waals surface area (Å²) in [6.45, 7) is 5.97. The van der Waals surface area contributed by atoms with Crippen LogP contribution in [-0.4, -0.2) is 64.8 Å². The Morgan fingerprint density at radius 2 is 2.07 bits per heavy atom. The van der Waals surface area contributed by atoms with Crippen molar-refractivity contribution in [3.05, 3.63) is 47.5 Å². The highest BCUT2D eigenvalue weighted by Gasteiger charge is 2.28. The molecule has 1 aromatic heterocycles. The van der Waals surface area contributed by atoms with Gasteiger partial charge in [0, 0.05) is 45.1 Å². The summed E-state index contributed by atoms with van der Waals surface area (Å²) in [6, 6.07) is 10.4. The van der Waals surface area contributed by atoms with Crippen LogP contribution in [0.3, 0.4) is 0 Å². The maximum atomic E-state index is 12.4. The minimum absolute atomic E-state index is 0.128. The van der Waals surface area contributed by atoms with Gasteiger partial charge in [0.15, 0.2) is 0 Å². The van der Waals surface area contributed by atoms with E-state index in [1.165, 1.54) is 5.56 Å². The second-order valence-corrected chi connectivity index (χ2v) is 8.14. The molecule has 7 heteroatoms. The SMILES string of the molecule is O=C(CN1CCC[C@H](c2nnc3n2CCNCC3)C1)NCCCc1ccccc1. The molecule has 4 rings (SSSR count). The largest absolute Gasteiger partial charge is 0.355 e. The number of nitrogens with zero attached hydrogens (tertiary/aromatic N) is 4. The Bertz CT molecular complexity index is 790. The highest BCUT2D eigenvalue weighted by Crippen LogP contribution is 2.26. The van der Waals surface area contributed by atoms with Gasteiger partial charge in [-0.25, -0.2) is 0 Å². The number of aryl methyl sites for hydroxylation is 1. The van der Waals surface area contributed by atoms with E-state index in [0.717, 1.165) is 83.0 Å². The third kappa shape index (κ3) is 5.42. The van der Waals surface area contributed by atoms with Crippen LogP contribution in [0, 0.1) is 0 Å². The van der Waals surface area contributed by atoms with E-state index in [1.807, 2.05) is 6.07 Å². The Kier molecular flexibility index (Phi) is 6.90. The molecule has 0 unspecified atom stereocenters. The topological polar surface area (TPSA) is 75.1 Å². The molecule has 1 amide bonds. The molecular formula is C22H32N6O. The Labute approximate surface area is 172 Å². The smallest absolute Gasteiger partial charge is 0.234 e. The molecule has 1 fully saturated rings. The van der Waals surface area contributed by atoms with E-state index in [-0.39, 0.29) is 5.91 Å². The van der Waals surface area contributed by atoms with Gasteiger partial charge in [0.05, 0.1) is 6.54 Å². The first kappa shape index (κ1) is 20.0. The van der Waals surface area contributed by atoms with Crippen molar-refractivity contribution in [2.45, 2.75) is 44.6 Å². The van der Waals surface area contributed by atoms with E-state index in [2.05, 4.69) is 54.6 Å². The summed E-state index contributed by atoms with van der Waals surface area (Å²) in [5, 5.41) is 15.5. The Hall–Kier alpha value is -2.25. The summed E-state index contributed by atoms with van der Waals surface area (Å²) in [4.78, 5) is 14.7. The maximum absolute atomic E-state index is 12.4. The zero-order chi connectivity index (χ0) is 19.9. The molecule has 0 aliphatic carbocycles. The Balaban J connectivity index is 1.23. The number of carbonyl (C=O) groups excluding carboxylic acids is 1. The lowest BCUT2D eigenvalue weighted by atomic mass is 9.97. The summed E-state index contributed by atoms with van der Waals surface area (Å²) < 4.78 is 2.30. The summed E-state index contributed by atoms with van der Waals surface area (Å²) in [5.74, 6) is 2.70. The number of carbonyl (C=O) groups is 1. The van der Waals surface area contributed by atoms with Crippen LogP contribution in [0.2, 0.25) is 0 Å². The van der Waals surface area contributed by atoms with Gasteiger partial charge in [-0.2, -0.15) is 0 Å². The van der Waals surface area contributed by atoms with Crippen molar-refractivity contribution in [2.24, 2.45) is 0 Å². The number of nitrogens with one attached hydrogen (secondary N) is 2. The van der Waals surface area contributed by atoms with Gasteiger partial charge in [0.25, 0.3) is 0 Å². The molecule has 1 atom stereocenters. The molecule has 2 N–H and O–H groups in total. The lowest BCUT2D eigenvalue weighted by Gasteiger charge is -2.31. The summed E-state index contributed by atoms with van der Waals surface area (Å²) in [6.07, 6.45) is 5.14. The van der Waals surface area contributed by atoms with Crippen molar-refractivity contribution < 1.29 is 4.79 Å². The van der Waals surface area contributed by atoms with Crippen molar-refractivity contribution >= 4 is 5.91 Å². The number of hydrogen-bond acceptors (Lipinski definition) is 5. The molecule has 156 valence electrons. The zero-order valence-corrected chi connectivity index (χ0v) is 17.1. The van der Waals surface area contributed by atoms with Crippen LogP contribution >= 0.6 is 0 Å². The van der Waals surface area contributed by atoms with Crippen LogP contribution in [0.1, 0.15) is 42.4 Å². The molecule has 1 saturated heterocycles. The Morgan fingerprint density at radius 1 is 1.17 bits per heavy atom. The average molecular weight is 397 g/mol. The maximum Gasteiger partial charge on any atom is 0.234 e. The molecule has 0 bridgehead atoms. The molecular weight excluding hydrogens is 364 g/mol. The van der Waals surface area contributed by atoms with Gasteiger partial charge in [0.1, 0.15) is 11.6 Å². The quantitative estimate of drug-likeness (QED) is 0.691. The van der Waals surface area contributed by atoms with Crippen molar-refractivity contribution in [3.8, 4) is 0 Å². The van der Waals surface area contributed by atoms with Gasteiger partial charge in [-0.15, -0.1) is 10.2 Å². The van der Waals surface area contributed by atoms with Crippen LogP contribution < -0.4 is 10.6 Å². The number of piperidine rings is 1. The zero-order valence-electron chi connectivity index (χ0n) is 17.1.